The SMILES string of the molecule is O=C(O)c1cn(-c2ccc(Br)c(Cl)c2)c(=O)[nH]c1=O. The van der Waals surface area contributed by atoms with Crippen LogP contribution < -0.4 is 11.2 Å². The van der Waals surface area contributed by atoms with Crippen molar-refractivity contribution in [3.63, 3.8) is 0 Å². The molecule has 0 fully saturated rings. The number of hydrogen-bond acceptors (Lipinski definition) is 3. The van der Waals surface area contributed by atoms with Gasteiger partial charge in [0.25, 0.3) is 5.56 Å². The monoisotopic (exact) mass is 344 g/mol. The molecule has 0 unspecified atom stereocenters. The molecule has 1 aromatic heterocycles. The number of benzene rings is 1. The van der Waals surface area contributed by atoms with Crippen LogP contribution in [0.4, 0.5) is 0 Å². The fourth-order valence-electron chi connectivity index (χ4n) is 1.45. The van der Waals surface area contributed by atoms with E-state index >= 15 is 0 Å². The van der Waals surface area contributed by atoms with Gasteiger partial charge in [0.1, 0.15) is 5.56 Å². The van der Waals surface area contributed by atoms with E-state index in [9.17, 15) is 14.4 Å². The van der Waals surface area contributed by atoms with Gasteiger partial charge in [0.05, 0.1) is 10.7 Å². The van der Waals surface area contributed by atoms with Gasteiger partial charge in [-0.3, -0.25) is 14.3 Å². The Morgan fingerprint density at radius 3 is 2.63 bits per heavy atom. The lowest BCUT2D eigenvalue weighted by molar-refractivity contribution is 0.0694. The maximum Gasteiger partial charge on any atom is 0.342 e. The summed E-state index contributed by atoms with van der Waals surface area (Å²) in [4.78, 5) is 35.8. The van der Waals surface area contributed by atoms with Crippen LogP contribution in [0.1, 0.15) is 10.4 Å². The lowest BCUT2D eigenvalue weighted by Gasteiger charge is -2.07. The molecule has 0 saturated carbocycles. The van der Waals surface area contributed by atoms with Gasteiger partial charge in [0.2, 0.25) is 0 Å². The first kappa shape index (κ1) is 13.6. The molecule has 0 saturated heterocycles. The maximum atomic E-state index is 11.7. The zero-order chi connectivity index (χ0) is 14.2. The highest BCUT2D eigenvalue weighted by molar-refractivity contribution is 9.10. The van der Waals surface area contributed by atoms with Crippen LogP contribution in [-0.2, 0) is 0 Å². The van der Waals surface area contributed by atoms with Gasteiger partial charge in [0, 0.05) is 10.7 Å². The first-order valence-electron chi connectivity index (χ1n) is 4.95. The largest absolute Gasteiger partial charge is 0.477 e. The zero-order valence-electron chi connectivity index (χ0n) is 9.18. The number of carboxylic acids is 1. The van der Waals surface area contributed by atoms with E-state index in [1.54, 1.807) is 12.1 Å². The molecule has 98 valence electrons. The van der Waals surface area contributed by atoms with E-state index in [1.165, 1.54) is 6.07 Å². The van der Waals surface area contributed by atoms with Crippen LogP contribution >= 0.6 is 27.5 Å². The Bertz CT molecular complexity index is 781. The number of halogens is 2. The first-order valence-corrected chi connectivity index (χ1v) is 6.12. The van der Waals surface area contributed by atoms with Crippen molar-refractivity contribution < 1.29 is 9.90 Å². The van der Waals surface area contributed by atoms with Crippen molar-refractivity contribution in [2.75, 3.05) is 0 Å². The molecule has 2 rings (SSSR count). The van der Waals surface area contributed by atoms with Crippen molar-refractivity contribution >= 4 is 33.5 Å². The van der Waals surface area contributed by atoms with Crippen LogP contribution in [0, 0.1) is 0 Å². The summed E-state index contributed by atoms with van der Waals surface area (Å²) in [6.07, 6.45) is 0.961. The zero-order valence-corrected chi connectivity index (χ0v) is 11.5. The van der Waals surface area contributed by atoms with E-state index in [1.807, 2.05) is 4.98 Å². The number of nitrogens with zero attached hydrogens (tertiary/aromatic N) is 1. The molecule has 19 heavy (non-hydrogen) atoms. The molecule has 0 aliphatic heterocycles. The lowest BCUT2D eigenvalue weighted by atomic mass is 10.3. The van der Waals surface area contributed by atoms with Crippen LogP contribution in [0.2, 0.25) is 5.02 Å². The van der Waals surface area contributed by atoms with E-state index in [2.05, 4.69) is 15.9 Å². The molecule has 0 aliphatic carbocycles. The Balaban J connectivity index is 2.71. The average molecular weight is 346 g/mol. The molecule has 6 nitrogen and oxygen atoms in total. The Kier molecular flexibility index (Phi) is 3.59. The van der Waals surface area contributed by atoms with Crippen LogP contribution in [0.15, 0.2) is 38.5 Å². The summed E-state index contributed by atoms with van der Waals surface area (Å²) in [7, 11) is 0. The third-order valence-corrected chi connectivity index (χ3v) is 3.59. The molecule has 8 heteroatoms. The van der Waals surface area contributed by atoms with Crippen LogP contribution in [0.5, 0.6) is 0 Å². The van der Waals surface area contributed by atoms with Gasteiger partial charge >= 0.3 is 11.7 Å². The van der Waals surface area contributed by atoms with E-state index < -0.39 is 22.8 Å². The number of rotatable bonds is 2. The minimum atomic E-state index is -1.42. The number of aromatic carboxylic acids is 1. The van der Waals surface area contributed by atoms with E-state index in [4.69, 9.17) is 16.7 Å². The molecule has 1 aromatic carbocycles. The summed E-state index contributed by atoms with van der Waals surface area (Å²) < 4.78 is 1.64. The topological polar surface area (TPSA) is 92.2 Å². The lowest BCUT2D eigenvalue weighted by Crippen LogP contribution is -2.32. The predicted octanol–water partition coefficient (Wildman–Crippen LogP) is 1.64. The third-order valence-electron chi connectivity index (χ3n) is 2.35. The number of carboxylic acid groups (broad SMARTS) is 1. The minimum absolute atomic E-state index is 0.344. The van der Waals surface area contributed by atoms with Crippen molar-refractivity contribution in [1.29, 1.82) is 0 Å². The second-order valence-corrected chi connectivity index (χ2v) is 4.84. The molecule has 1 heterocycles. The van der Waals surface area contributed by atoms with Crippen molar-refractivity contribution in [1.82, 2.24) is 9.55 Å². The smallest absolute Gasteiger partial charge is 0.342 e. The minimum Gasteiger partial charge on any atom is -0.477 e. The summed E-state index contributed by atoms with van der Waals surface area (Å²) >= 11 is 9.10. The van der Waals surface area contributed by atoms with Crippen LogP contribution in [-0.4, -0.2) is 20.6 Å². The third kappa shape index (κ3) is 2.61. The molecule has 0 bridgehead atoms. The van der Waals surface area contributed by atoms with E-state index in [0.717, 1.165) is 10.8 Å². The molecule has 0 spiro atoms. The highest BCUT2D eigenvalue weighted by Gasteiger charge is 2.12. The maximum absolute atomic E-state index is 11.7. The average Bonchev–Trinajstić information content (AvgIpc) is 2.32. The van der Waals surface area contributed by atoms with Crippen molar-refractivity contribution in [2.45, 2.75) is 0 Å². The summed E-state index contributed by atoms with van der Waals surface area (Å²) in [5.74, 6) is -1.42. The van der Waals surface area contributed by atoms with Gasteiger partial charge in [0.15, 0.2) is 0 Å². The molecule has 2 aromatic rings. The fraction of sp³-hybridized carbons (Fsp3) is 0. The van der Waals surface area contributed by atoms with Crippen LogP contribution in [0.25, 0.3) is 5.69 Å². The molecule has 2 N–H and O–H groups in total. The highest BCUT2D eigenvalue weighted by Crippen LogP contribution is 2.24. The van der Waals surface area contributed by atoms with Gasteiger partial charge in [-0.25, -0.2) is 9.59 Å². The van der Waals surface area contributed by atoms with Crippen molar-refractivity contribution in [2.24, 2.45) is 0 Å². The number of aromatic nitrogens is 2. The summed E-state index contributed by atoms with van der Waals surface area (Å²) in [6, 6.07) is 4.63. The number of hydrogen-bond donors (Lipinski definition) is 2. The summed E-state index contributed by atoms with van der Waals surface area (Å²) in [6.45, 7) is 0. The predicted molar refractivity (Wildman–Crippen MR) is 72.3 cm³/mol. The molecular formula is C11H6BrClN2O4. The molecule has 0 aliphatic rings. The van der Waals surface area contributed by atoms with Gasteiger partial charge in [-0.05, 0) is 34.1 Å². The molecule has 0 amide bonds. The van der Waals surface area contributed by atoms with Gasteiger partial charge in [-0.2, -0.15) is 0 Å². The van der Waals surface area contributed by atoms with E-state index in [0.29, 0.717) is 15.2 Å². The second-order valence-electron chi connectivity index (χ2n) is 3.58. The van der Waals surface area contributed by atoms with Crippen molar-refractivity contribution in [3.8, 4) is 5.69 Å². The number of carbonyl (C=O) groups is 1. The normalized spacial score (nSPS) is 10.4. The summed E-state index contributed by atoms with van der Waals surface area (Å²) in [5, 5.41) is 9.21. The van der Waals surface area contributed by atoms with Gasteiger partial charge < -0.3 is 5.11 Å². The quantitative estimate of drug-likeness (QED) is 0.865. The first-order chi connectivity index (χ1) is 8.90. The molecule has 0 radical (unpaired) electrons. The number of nitrogens with one attached hydrogen (secondary N) is 1. The Hall–Kier alpha value is -1.86. The van der Waals surface area contributed by atoms with Crippen LogP contribution in [0.3, 0.4) is 0 Å². The Morgan fingerprint density at radius 1 is 1.37 bits per heavy atom. The number of aromatic amines is 1. The molecule has 0 atom stereocenters. The van der Waals surface area contributed by atoms with Gasteiger partial charge in [-0.1, -0.05) is 11.6 Å². The highest BCUT2D eigenvalue weighted by atomic mass is 79.9. The second kappa shape index (κ2) is 5.02. The Morgan fingerprint density at radius 2 is 2.05 bits per heavy atom. The molecular weight excluding hydrogens is 339 g/mol. The fourth-order valence-corrected chi connectivity index (χ4v) is 1.87. The number of H-pyrrole nitrogens is 1. The standard InChI is InChI=1S/C11H6BrClN2O4/c12-7-2-1-5(3-8(7)13)15-4-6(10(17)18)9(16)14-11(15)19/h1-4H,(H,17,18)(H,14,16,19). The van der Waals surface area contributed by atoms with Crippen molar-refractivity contribution in [3.05, 3.63) is 60.3 Å². The summed E-state index contributed by atoms with van der Waals surface area (Å²) in [5.41, 5.74) is -1.87. The van der Waals surface area contributed by atoms with Gasteiger partial charge in [-0.15, -0.1) is 0 Å². The van der Waals surface area contributed by atoms with E-state index in [-0.39, 0.29) is 0 Å². The Labute approximate surface area is 119 Å².